The van der Waals surface area contributed by atoms with Crippen molar-refractivity contribution in [2.45, 2.75) is 31.2 Å². The van der Waals surface area contributed by atoms with Gasteiger partial charge in [0.2, 0.25) is 15.9 Å². The Balaban J connectivity index is 2.78. The average molecular weight is 299 g/mol. The normalized spacial score (nSPS) is 14.6. The van der Waals surface area contributed by atoms with Crippen molar-refractivity contribution in [3.8, 4) is 0 Å². The largest absolute Gasteiger partial charge is 0.325 e. The van der Waals surface area contributed by atoms with Gasteiger partial charge in [0.1, 0.15) is 0 Å². The second kappa shape index (κ2) is 6.83. The molecule has 0 saturated carbocycles. The Hall–Kier alpha value is -1.44. The molecular weight excluding hydrogens is 278 g/mol. The van der Waals surface area contributed by atoms with E-state index in [0.29, 0.717) is 5.69 Å². The molecule has 2 atom stereocenters. The number of nitrogens with two attached hydrogens (primary N) is 1. The van der Waals surface area contributed by atoms with Gasteiger partial charge in [0.25, 0.3) is 0 Å². The zero-order chi connectivity index (χ0) is 15.3. The fourth-order valence-electron chi connectivity index (χ4n) is 1.57. The summed E-state index contributed by atoms with van der Waals surface area (Å²) in [6, 6.07) is 5.34. The van der Waals surface area contributed by atoms with Crippen molar-refractivity contribution in [2.75, 3.05) is 12.4 Å². The van der Waals surface area contributed by atoms with Gasteiger partial charge >= 0.3 is 0 Å². The summed E-state index contributed by atoms with van der Waals surface area (Å²) < 4.78 is 25.3. The molecule has 0 fully saturated rings. The number of hydrogen-bond donors (Lipinski definition) is 3. The Morgan fingerprint density at radius 2 is 1.85 bits per heavy atom. The lowest BCUT2D eigenvalue weighted by Crippen LogP contribution is -2.40. The highest BCUT2D eigenvalue weighted by Gasteiger charge is 2.19. The van der Waals surface area contributed by atoms with E-state index < -0.39 is 16.1 Å². The van der Waals surface area contributed by atoms with E-state index in [1.165, 1.54) is 31.3 Å². The third-order valence-electron chi connectivity index (χ3n) is 3.26. The third-order valence-corrected chi connectivity index (χ3v) is 4.69. The molecule has 1 aromatic carbocycles. The average Bonchev–Trinajstić information content (AvgIpc) is 2.46. The molecule has 1 amide bonds. The fourth-order valence-corrected chi connectivity index (χ4v) is 2.30. The van der Waals surface area contributed by atoms with Crippen LogP contribution in [0.4, 0.5) is 5.69 Å². The first-order valence-electron chi connectivity index (χ1n) is 6.42. The van der Waals surface area contributed by atoms with Gasteiger partial charge in [-0.1, -0.05) is 20.3 Å². The molecule has 1 aromatic rings. The zero-order valence-corrected chi connectivity index (χ0v) is 12.7. The molecule has 0 aliphatic carbocycles. The number of anilines is 1. The van der Waals surface area contributed by atoms with Crippen LogP contribution in [0.3, 0.4) is 0 Å². The quantitative estimate of drug-likeness (QED) is 0.726. The number of nitrogens with one attached hydrogen (secondary N) is 2. The van der Waals surface area contributed by atoms with Gasteiger partial charge in [-0.3, -0.25) is 4.79 Å². The summed E-state index contributed by atoms with van der Waals surface area (Å²) in [5, 5.41) is 2.67. The first-order valence-corrected chi connectivity index (χ1v) is 7.90. The van der Waals surface area contributed by atoms with E-state index in [1.807, 2.05) is 13.8 Å². The molecular formula is C13H21N3O3S. The lowest BCUT2D eigenvalue weighted by Gasteiger charge is -2.17. The lowest BCUT2D eigenvalue weighted by atomic mass is 9.99. The predicted octanol–water partition coefficient (Wildman–Crippen LogP) is 0.907. The first kappa shape index (κ1) is 16.6. The monoisotopic (exact) mass is 299 g/mol. The Morgan fingerprint density at radius 1 is 1.30 bits per heavy atom. The number of amides is 1. The van der Waals surface area contributed by atoms with Gasteiger partial charge in [-0.15, -0.1) is 0 Å². The molecule has 112 valence electrons. The van der Waals surface area contributed by atoms with Crippen LogP contribution in [-0.4, -0.2) is 27.4 Å². The smallest absolute Gasteiger partial charge is 0.241 e. The highest BCUT2D eigenvalue weighted by molar-refractivity contribution is 7.89. The molecule has 0 saturated heterocycles. The number of carbonyl (C=O) groups is 1. The summed E-state index contributed by atoms with van der Waals surface area (Å²) in [4.78, 5) is 12.0. The molecule has 1 rings (SSSR count). The van der Waals surface area contributed by atoms with E-state index >= 15 is 0 Å². The SMILES string of the molecule is CCC(C)C(N)C(=O)Nc1ccc(S(=O)(=O)NC)cc1. The minimum absolute atomic E-state index is 0.0824. The molecule has 0 aliphatic heterocycles. The maximum absolute atomic E-state index is 11.9. The first-order chi connectivity index (χ1) is 9.31. The highest BCUT2D eigenvalue weighted by Crippen LogP contribution is 2.15. The molecule has 2 unspecified atom stereocenters. The Bertz CT molecular complexity index is 555. The van der Waals surface area contributed by atoms with Crippen LogP contribution in [0.2, 0.25) is 0 Å². The van der Waals surface area contributed by atoms with Crippen LogP contribution in [0.1, 0.15) is 20.3 Å². The van der Waals surface area contributed by atoms with Crippen LogP contribution >= 0.6 is 0 Å². The standard InChI is InChI=1S/C13H21N3O3S/c1-4-9(2)12(14)13(17)16-10-5-7-11(8-6-10)20(18,19)15-3/h5-9,12,15H,4,14H2,1-3H3,(H,16,17). The summed E-state index contributed by atoms with van der Waals surface area (Å²) in [5.74, 6) is -0.192. The summed E-state index contributed by atoms with van der Waals surface area (Å²) in [6.45, 7) is 3.88. The van der Waals surface area contributed by atoms with E-state index in [4.69, 9.17) is 5.73 Å². The van der Waals surface area contributed by atoms with Crippen molar-refractivity contribution in [3.05, 3.63) is 24.3 Å². The van der Waals surface area contributed by atoms with E-state index in [0.717, 1.165) is 6.42 Å². The molecule has 0 heterocycles. The highest BCUT2D eigenvalue weighted by atomic mass is 32.2. The second-order valence-electron chi connectivity index (χ2n) is 4.63. The minimum atomic E-state index is -3.46. The van der Waals surface area contributed by atoms with E-state index in [2.05, 4.69) is 10.0 Å². The zero-order valence-electron chi connectivity index (χ0n) is 11.9. The molecule has 0 aliphatic rings. The number of hydrogen-bond acceptors (Lipinski definition) is 4. The molecule has 20 heavy (non-hydrogen) atoms. The number of carbonyl (C=O) groups excluding carboxylic acids is 1. The summed E-state index contributed by atoms with van der Waals surface area (Å²) in [7, 11) is -2.12. The molecule has 4 N–H and O–H groups in total. The van der Waals surface area contributed by atoms with E-state index in [1.54, 1.807) is 0 Å². The number of rotatable bonds is 6. The third kappa shape index (κ3) is 4.03. The van der Waals surface area contributed by atoms with Crippen LogP contribution in [0.15, 0.2) is 29.2 Å². The van der Waals surface area contributed by atoms with Gasteiger partial charge in [-0.2, -0.15) is 0 Å². The van der Waals surface area contributed by atoms with Crippen molar-refractivity contribution in [1.29, 1.82) is 0 Å². The van der Waals surface area contributed by atoms with Crippen molar-refractivity contribution in [3.63, 3.8) is 0 Å². The topological polar surface area (TPSA) is 101 Å². The molecule has 0 radical (unpaired) electrons. The predicted molar refractivity (Wildman–Crippen MR) is 78.7 cm³/mol. The Morgan fingerprint density at radius 3 is 2.30 bits per heavy atom. The number of sulfonamides is 1. The van der Waals surface area contributed by atoms with E-state index in [-0.39, 0.29) is 16.7 Å². The molecule has 6 nitrogen and oxygen atoms in total. The maximum Gasteiger partial charge on any atom is 0.241 e. The molecule has 0 aromatic heterocycles. The second-order valence-corrected chi connectivity index (χ2v) is 6.52. The van der Waals surface area contributed by atoms with Gasteiger partial charge in [0.15, 0.2) is 0 Å². The van der Waals surface area contributed by atoms with Gasteiger partial charge in [-0.05, 0) is 37.2 Å². The van der Waals surface area contributed by atoms with Crippen LogP contribution < -0.4 is 15.8 Å². The fraction of sp³-hybridized carbons (Fsp3) is 0.462. The van der Waals surface area contributed by atoms with Gasteiger partial charge in [-0.25, -0.2) is 13.1 Å². The maximum atomic E-state index is 11.9. The minimum Gasteiger partial charge on any atom is -0.325 e. The lowest BCUT2D eigenvalue weighted by molar-refractivity contribution is -0.118. The van der Waals surface area contributed by atoms with Gasteiger partial charge in [0.05, 0.1) is 10.9 Å². The van der Waals surface area contributed by atoms with Crippen molar-refractivity contribution < 1.29 is 13.2 Å². The van der Waals surface area contributed by atoms with Gasteiger partial charge in [0, 0.05) is 5.69 Å². The summed E-state index contributed by atoms with van der Waals surface area (Å²) in [6.07, 6.45) is 0.813. The van der Waals surface area contributed by atoms with Crippen LogP contribution in [0, 0.1) is 5.92 Å². The number of benzene rings is 1. The molecule has 0 spiro atoms. The van der Waals surface area contributed by atoms with Gasteiger partial charge < -0.3 is 11.1 Å². The summed E-state index contributed by atoms with van der Waals surface area (Å²) >= 11 is 0. The van der Waals surface area contributed by atoms with Crippen LogP contribution in [0.25, 0.3) is 0 Å². The Kier molecular flexibility index (Phi) is 5.67. The van der Waals surface area contributed by atoms with Crippen LogP contribution in [0.5, 0.6) is 0 Å². The van der Waals surface area contributed by atoms with Crippen molar-refractivity contribution in [2.24, 2.45) is 11.7 Å². The van der Waals surface area contributed by atoms with Crippen molar-refractivity contribution >= 4 is 21.6 Å². The molecule has 7 heteroatoms. The van der Waals surface area contributed by atoms with Crippen LogP contribution in [-0.2, 0) is 14.8 Å². The molecule has 0 bridgehead atoms. The summed E-state index contributed by atoms with van der Waals surface area (Å²) in [5.41, 5.74) is 6.34. The van der Waals surface area contributed by atoms with Crippen molar-refractivity contribution in [1.82, 2.24) is 4.72 Å². The Labute approximate surface area is 119 Å². The van der Waals surface area contributed by atoms with E-state index in [9.17, 15) is 13.2 Å².